The average Bonchev–Trinajstić information content (AvgIpc) is 2.69. The van der Waals surface area contributed by atoms with E-state index in [2.05, 4.69) is 5.16 Å². The number of oxime groups is 1. The van der Waals surface area contributed by atoms with Crippen LogP contribution in [-0.4, -0.2) is 36.7 Å². The third kappa shape index (κ3) is 6.53. The van der Waals surface area contributed by atoms with E-state index in [9.17, 15) is 4.79 Å². The number of benzene rings is 2. The number of esters is 1. The molecule has 0 saturated heterocycles. The lowest BCUT2D eigenvalue weighted by molar-refractivity contribution is 0.0511. The van der Waals surface area contributed by atoms with Gasteiger partial charge in [0.05, 0.1) is 25.4 Å². The van der Waals surface area contributed by atoms with Crippen molar-refractivity contribution in [3.05, 3.63) is 83.4 Å². The molecule has 0 bridgehead atoms. The van der Waals surface area contributed by atoms with Gasteiger partial charge in [-0.15, -0.1) is 0 Å². The van der Waals surface area contributed by atoms with Gasteiger partial charge in [0.15, 0.2) is 0 Å². The Morgan fingerprint density at radius 2 is 1.62 bits per heavy atom. The fourth-order valence-corrected chi connectivity index (χ4v) is 2.28. The molecule has 0 radical (unpaired) electrons. The van der Waals surface area contributed by atoms with Crippen molar-refractivity contribution in [1.82, 2.24) is 0 Å². The summed E-state index contributed by atoms with van der Waals surface area (Å²) in [5, 5.41) is 12.4. The maximum Gasteiger partial charge on any atom is 0.338 e. The van der Waals surface area contributed by atoms with Crippen LogP contribution in [0.2, 0.25) is 0 Å². The molecular formula is C21H23NO4. The lowest BCUT2D eigenvalue weighted by atomic mass is 10.1. The minimum absolute atomic E-state index is 0.217. The van der Waals surface area contributed by atoms with Gasteiger partial charge in [0.2, 0.25) is 0 Å². The van der Waals surface area contributed by atoms with Crippen molar-refractivity contribution in [1.29, 1.82) is 0 Å². The minimum atomic E-state index is -0.320. The fourth-order valence-electron chi connectivity index (χ4n) is 2.28. The first-order valence-corrected chi connectivity index (χ1v) is 8.42. The number of carbonyl (C=O) groups is 1. The molecule has 0 fully saturated rings. The summed E-state index contributed by atoms with van der Waals surface area (Å²) < 4.78 is 10.8. The molecule has 0 aromatic heterocycles. The number of hydrogen-bond acceptors (Lipinski definition) is 5. The number of carbonyl (C=O) groups excluding carboxylic acids is 1. The van der Waals surface area contributed by atoms with Gasteiger partial charge in [-0.3, -0.25) is 0 Å². The summed E-state index contributed by atoms with van der Waals surface area (Å²) in [4.78, 5) is 11.8. The van der Waals surface area contributed by atoms with Crippen LogP contribution in [0, 0.1) is 0 Å². The Morgan fingerprint density at radius 3 is 2.23 bits per heavy atom. The van der Waals surface area contributed by atoms with Gasteiger partial charge >= 0.3 is 5.97 Å². The number of ether oxygens (including phenoxy) is 2. The Bertz CT molecular complexity index is 739. The Morgan fingerprint density at radius 1 is 1.00 bits per heavy atom. The zero-order valence-corrected chi connectivity index (χ0v) is 14.8. The first-order chi connectivity index (χ1) is 12.7. The Hall–Kier alpha value is -2.92. The molecule has 0 saturated carbocycles. The predicted molar refractivity (Wildman–Crippen MR) is 101 cm³/mol. The highest BCUT2D eigenvalue weighted by atomic mass is 16.5. The Kier molecular flexibility index (Phi) is 8.09. The number of rotatable bonds is 9. The quantitative estimate of drug-likeness (QED) is 0.184. The first-order valence-electron chi connectivity index (χ1n) is 8.42. The zero-order valence-electron chi connectivity index (χ0n) is 14.8. The van der Waals surface area contributed by atoms with Gasteiger partial charge in [0.1, 0.15) is 5.71 Å². The molecule has 5 heteroatoms. The summed E-state index contributed by atoms with van der Waals surface area (Å²) in [6, 6.07) is 18.3. The van der Waals surface area contributed by atoms with Crippen molar-refractivity contribution in [2.75, 3.05) is 19.8 Å². The molecule has 2 aromatic carbocycles. The van der Waals surface area contributed by atoms with E-state index in [4.69, 9.17) is 14.7 Å². The van der Waals surface area contributed by atoms with Crippen LogP contribution in [0.3, 0.4) is 0 Å². The van der Waals surface area contributed by atoms with Crippen LogP contribution in [0.5, 0.6) is 0 Å². The van der Waals surface area contributed by atoms with E-state index >= 15 is 0 Å². The summed E-state index contributed by atoms with van der Waals surface area (Å²) in [6.45, 7) is 2.89. The molecule has 2 rings (SSSR count). The van der Waals surface area contributed by atoms with Gasteiger partial charge in [-0.2, -0.15) is 0 Å². The van der Waals surface area contributed by atoms with Gasteiger partial charge in [-0.1, -0.05) is 65.3 Å². The lowest BCUT2D eigenvalue weighted by Crippen LogP contribution is -2.12. The van der Waals surface area contributed by atoms with E-state index in [1.54, 1.807) is 24.3 Å². The van der Waals surface area contributed by atoms with Gasteiger partial charge in [0.25, 0.3) is 0 Å². The molecule has 0 unspecified atom stereocenters. The van der Waals surface area contributed by atoms with Gasteiger partial charge in [0, 0.05) is 5.56 Å². The second-order valence-corrected chi connectivity index (χ2v) is 5.75. The van der Waals surface area contributed by atoms with E-state index < -0.39 is 0 Å². The van der Waals surface area contributed by atoms with E-state index in [-0.39, 0.29) is 12.6 Å². The second kappa shape index (κ2) is 10.8. The van der Waals surface area contributed by atoms with Crippen LogP contribution in [0.4, 0.5) is 0 Å². The normalized spacial score (nSPS) is 12.0. The van der Waals surface area contributed by atoms with Gasteiger partial charge < -0.3 is 14.7 Å². The maximum atomic E-state index is 11.8. The van der Waals surface area contributed by atoms with Crippen LogP contribution >= 0.6 is 0 Å². The van der Waals surface area contributed by atoms with Crippen LogP contribution < -0.4 is 0 Å². The van der Waals surface area contributed by atoms with Crippen molar-refractivity contribution < 1.29 is 19.5 Å². The average molecular weight is 353 g/mol. The van der Waals surface area contributed by atoms with E-state index in [1.807, 2.05) is 49.4 Å². The van der Waals surface area contributed by atoms with E-state index in [0.717, 1.165) is 11.1 Å². The van der Waals surface area contributed by atoms with Gasteiger partial charge in [-0.25, -0.2) is 4.79 Å². The third-order valence-electron chi connectivity index (χ3n) is 3.65. The molecule has 0 amide bonds. The van der Waals surface area contributed by atoms with E-state index in [0.29, 0.717) is 30.9 Å². The zero-order chi connectivity index (χ0) is 18.6. The molecule has 0 aliphatic rings. The van der Waals surface area contributed by atoms with Crippen molar-refractivity contribution in [2.45, 2.75) is 13.3 Å². The first kappa shape index (κ1) is 19.4. The minimum Gasteiger partial charge on any atom is -0.462 e. The topological polar surface area (TPSA) is 68.1 Å². The van der Waals surface area contributed by atoms with Crippen molar-refractivity contribution in [3.63, 3.8) is 0 Å². The van der Waals surface area contributed by atoms with Crippen molar-refractivity contribution in [2.24, 2.45) is 5.16 Å². The molecule has 136 valence electrons. The summed E-state index contributed by atoms with van der Waals surface area (Å²) >= 11 is 0. The van der Waals surface area contributed by atoms with Crippen LogP contribution in [0.15, 0.2) is 77.5 Å². The van der Waals surface area contributed by atoms with Crippen LogP contribution in [0.25, 0.3) is 0 Å². The van der Waals surface area contributed by atoms with Crippen molar-refractivity contribution in [3.8, 4) is 0 Å². The molecule has 1 N–H and O–H groups in total. The standard InChI is InChI=1S/C21H23NO4/c1-17(9-8-14-26-21(23)19-12-6-3-7-13-19)15-25-16-20(22-24)18-10-4-2-5-11-18/h2-7,9-13,24H,8,14-16H2,1H3/b17-9+,22-20+. The van der Waals surface area contributed by atoms with Crippen LogP contribution in [-0.2, 0) is 9.47 Å². The Balaban J connectivity index is 1.68. The molecule has 0 heterocycles. The highest BCUT2D eigenvalue weighted by molar-refractivity contribution is 6.01. The molecule has 2 aromatic rings. The van der Waals surface area contributed by atoms with Crippen LogP contribution in [0.1, 0.15) is 29.3 Å². The van der Waals surface area contributed by atoms with Gasteiger partial charge in [-0.05, 0) is 25.5 Å². The largest absolute Gasteiger partial charge is 0.462 e. The molecule has 0 spiro atoms. The maximum absolute atomic E-state index is 11.8. The molecule has 0 aliphatic carbocycles. The van der Waals surface area contributed by atoms with Crippen molar-refractivity contribution >= 4 is 11.7 Å². The molecule has 5 nitrogen and oxygen atoms in total. The third-order valence-corrected chi connectivity index (χ3v) is 3.65. The van der Waals surface area contributed by atoms with E-state index in [1.165, 1.54) is 0 Å². The lowest BCUT2D eigenvalue weighted by Gasteiger charge is -2.07. The summed E-state index contributed by atoms with van der Waals surface area (Å²) in [7, 11) is 0. The Labute approximate surface area is 153 Å². The fraction of sp³-hybridized carbons (Fsp3) is 0.238. The number of nitrogens with zero attached hydrogens (tertiary/aromatic N) is 1. The molecule has 0 aliphatic heterocycles. The highest BCUT2D eigenvalue weighted by Gasteiger charge is 2.05. The smallest absolute Gasteiger partial charge is 0.338 e. The molecular weight excluding hydrogens is 330 g/mol. The SMILES string of the molecule is C/C(=C\CCOC(=O)c1ccccc1)COC/C(=N\O)c1ccccc1. The predicted octanol–water partition coefficient (Wildman–Crippen LogP) is 4.07. The monoisotopic (exact) mass is 353 g/mol. The second-order valence-electron chi connectivity index (χ2n) is 5.75. The molecule has 26 heavy (non-hydrogen) atoms. The highest BCUT2D eigenvalue weighted by Crippen LogP contribution is 2.05. The molecule has 0 atom stereocenters. The number of hydrogen-bond donors (Lipinski definition) is 1. The summed E-state index contributed by atoms with van der Waals surface area (Å²) in [6.07, 6.45) is 2.59. The summed E-state index contributed by atoms with van der Waals surface area (Å²) in [5.41, 5.74) is 2.87. The summed E-state index contributed by atoms with van der Waals surface area (Å²) in [5.74, 6) is -0.320.